The molecule has 0 radical (unpaired) electrons. The van der Waals surface area contributed by atoms with Gasteiger partial charge in [0, 0.05) is 37.4 Å². The number of thiophene rings is 1. The van der Waals surface area contributed by atoms with Crippen molar-refractivity contribution in [3.63, 3.8) is 0 Å². The average Bonchev–Trinajstić information content (AvgIpc) is 3.25. The highest BCUT2D eigenvalue weighted by atomic mass is 32.2. The number of carbonyl (C=O) groups is 1. The van der Waals surface area contributed by atoms with Crippen LogP contribution < -0.4 is 0 Å². The Labute approximate surface area is 180 Å². The van der Waals surface area contributed by atoms with E-state index in [9.17, 15) is 13.2 Å². The van der Waals surface area contributed by atoms with E-state index in [4.69, 9.17) is 0 Å². The zero-order chi connectivity index (χ0) is 21.3. The van der Waals surface area contributed by atoms with Gasteiger partial charge in [0.2, 0.25) is 0 Å². The van der Waals surface area contributed by atoms with Gasteiger partial charge < -0.3 is 4.90 Å². The standard InChI is InChI=1S/C22H23N3O3S2/c1-16-10-11-23-19(14-16)20-8-9-21(29-20)30(27,28)25-13-12-24(15-17(25)2)22(26)18-6-4-3-5-7-18/h3-11,14,17H,12-13,15H2,1-2H3. The molecule has 1 aliphatic heterocycles. The van der Waals surface area contributed by atoms with Crippen molar-refractivity contribution in [2.24, 2.45) is 0 Å². The molecule has 4 rings (SSSR count). The number of hydrogen-bond acceptors (Lipinski definition) is 5. The van der Waals surface area contributed by atoms with E-state index < -0.39 is 10.0 Å². The number of nitrogens with zero attached hydrogens (tertiary/aromatic N) is 3. The van der Waals surface area contributed by atoms with E-state index in [0.29, 0.717) is 22.9 Å². The van der Waals surface area contributed by atoms with Crippen molar-refractivity contribution in [3.05, 3.63) is 71.9 Å². The van der Waals surface area contributed by atoms with E-state index in [1.54, 1.807) is 35.4 Å². The number of amides is 1. The van der Waals surface area contributed by atoms with Gasteiger partial charge in [-0.3, -0.25) is 9.78 Å². The van der Waals surface area contributed by atoms with Crippen LogP contribution in [-0.2, 0) is 10.0 Å². The van der Waals surface area contributed by atoms with Crippen LogP contribution in [0.5, 0.6) is 0 Å². The molecule has 0 bridgehead atoms. The fourth-order valence-corrected chi connectivity index (χ4v) is 6.65. The molecule has 1 unspecified atom stereocenters. The number of carbonyl (C=O) groups excluding carboxylic acids is 1. The summed E-state index contributed by atoms with van der Waals surface area (Å²) in [5, 5.41) is 0. The number of aryl methyl sites for hydroxylation is 1. The Morgan fingerprint density at radius 2 is 1.87 bits per heavy atom. The molecule has 1 atom stereocenters. The molecule has 156 valence electrons. The molecule has 0 saturated carbocycles. The minimum absolute atomic E-state index is 0.0663. The van der Waals surface area contributed by atoms with Crippen molar-refractivity contribution in [3.8, 4) is 10.6 Å². The van der Waals surface area contributed by atoms with Crippen LogP contribution >= 0.6 is 11.3 Å². The fraction of sp³-hybridized carbons (Fsp3) is 0.273. The Hall–Kier alpha value is -2.55. The minimum atomic E-state index is -3.64. The molecule has 0 aliphatic carbocycles. The first kappa shape index (κ1) is 20.7. The maximum atomic E-state index is 13.3. The lowest BCUT2D eigenvalue weighted by atomic mass is 10.1. The number of sulfonamides is 1. The molecule has 8 heteroatoms. The number of benzene rings is 1. The molecule has 0 N–H and O–H groups in total. The summed E-state index contributed by atoms with van der Waals surface area (Å²) in [6.45, 7) is 4.84. The third-order valence-electron chi connectivity index (χ3n) is 5.19. The van der Waals surface area contributed by atoms with Crippen LogP contribution in [0.4, 0.5) is 0 Å². The molecule has 1 amide bonds. The van der Waals surface area contributed by atoms with Crippen LogP contribution in [0.3, 0.4) is 0 Å². The first-order valence-electron chi connectivity index (χ1n) is 9.75. The van der Waals surface area contributed by atoms with Crippen LogP contribution in [0.1, 0.15) is 22.8 Å². The monoisotopic (exact) mass is 441 g/mol. The predicted octanol–water partition coefficient (Wildman–Crippen LogP) is 3.65. The lowest BCUT2D eigenvalue weighted by molar-refractivity contribution is 0.0642. The first-order valence-corrected chi connectivity index (χ1v) is 12.0. The Morgan fingerprint density at radius 3 is 2.57 bits per heavy atom. The van der Waals surface area contributed by atoms with Gasteiger partial charge in [0.05, 0.1) is 10.6 Å². The van der Waals surface area contributed by atoms with E-state index in [2.05, 4.69) is 4.98 Å². The van der Waals surface area contributed by atoms with Gasteiger partial charge in [0.15, 0.2) is 0 Å². The van der Waals surface area contributed by atoms with Gasteiger partial charge in [0.25, 0.3) is 15.9 Å². The third-order valence-corrected chi connectivity index (χ3v) is 8.78. The Morgan fingerprint density at radius 1 is 1.10 bits per heavy atom. The van der Waals surface area contributed by atoms with Crippen molar-refractivity contribution < 1.29 is 13.2 Å². The summed E-state index contributed by atoms with van der Waals surface area (Å²) in [6.07, 6.45) is 1.73. The molecule has 1 saturated heterocycles. The molecule has 1 aliphatic rings. The molecular formula is C22H23N3O3S2. The molecule has 3 aromatic rings. The van der Waals surface area contributed by atoms with Crippen LogP contribution in [-0.4, -0.2) is 54.2 Å². The molecule has 6 nitrogen and oxygen atoms in total. The van der Waals surface area contributed by atoms with Crippen molar-refractivity contribution >= 4 is 27.3 Å². The minimum Gasteiger partial charge on any atom is -0.336 e. The first-order chi connectivity index (χ1) is 14.4. The highest BCUT2D eigenvalue weighted by Crippen LogP contribution is 2.33. The summed E-state index contributed by atoms with van der Waals surface area (Å²) in [5.74, 6) is -0.0663. The zero-order valence-corrected chi connectivity index (χ0v) is 18.5. The Bertz CT molecular complexity index is 1160. The van der Waals surface area contributed by atoms with Crippen molar-refractivity contribution in [2.45, 2.75) is 24.1 Å². The van der Waals surface area contributed by atoms with Crippen LogP contribution in [0.25, 0.3) is 10.6 Å². The number of pyridine rings is 1. The Balaban J connectivity index is 1.51. The summed E-state index contributed by atoms with van der Waals surface area (Å²) in [7, 11) is -3.64. The molecule has 0 spiro atoms. The summed E-state index contributed by atoms with van der Waals surface area (Å²) < 4.78 is 28.3. The highest BCUT2D eigenvalue weighted by molar-refractivity contribution is 7.91. The second-order valence-electron chi connectivity index (χ2n) is 7.42. The Kier molecular flexibility index (Phi) is 5.73. The third kappa shape index (κ3) is 4.03. The smallest absolute Gasteiger partial charge is 0.253 e. The summed E-state index contributed by atoms with van der Waals surface area (Å²) in [4.78, 5) is 19.6. The predicted molar refractivity (Wildman–Crippen MR) is 118 cm³/mol. The van der Waals surface area contributed by atoms with Gasteiger partial charge in [-0.1, -0.05) is 18.2 Å². The fourth-order valence-electron chi connectivity index (χ4n) is 3.63. The van der Waals surface area contributed by atoms with E-state index in [0.717, 1.165) is 16.1 Å². The van der Waals surface area contributed by atoms with Gasteiger partial charge in [-0.2, -0.15) is 4.31 Å². The van der Waals surface area contributed by atoms with E-state index in [1.165, 1.54) is 15.6 Å². The van der Waals surface area contributed by atoms with Gasteiger partial charge in [-0.25, -0.2) is 8.42 Å². The van der Waals surface area contributed by atoms with Gasteiger partial charge in [0.1, 0.15) is 4.21 Å². The molecule has 3 heterocycles. The normalized spacial score (nSPS) is 17.8. The summed E-state index contributed by atoms with van der Waals surface area (Å²) >= 11 is 1.23. The van der Waals surface area contributed by atoms with Crippen LogP contribution in [0.2, 0.25) is 0 Å². The molecular weight excluding hydrogens is 418 g/mol. The van der Waals surface area contributed by atoms with Gasteiger partial charge >= 0.3 is 0 Å². The highest BCUT2D eigenvalue weighted by Gasteiger charge is 2.36. The van der Waals surface area contributed by atoms with Crippen molar-refractivity contribution in [1.29, 1.82) is 0 Å². The van der Waals surface area contributed by atoms with Crippen molar-refractivity contribution in [1.82, 2.24) is 14.2 Å². The topological polar surface area (TPSA) is 70.6 Å². The maximum Gasteiger partial charge on any atom is 0.253 e. The SMILES string of the molecule is Cc1ccnc(-c2ccc(S(=O)(=O)N3CCN(C(=O)c4ccccc4)CC3C)s2)c1. The maximum absolute atomic E-state index is 13.3. The van der Waals surface area contributed by atoms with Crippen molar-refractivity contribution in [2.75, 3.05) is 19.6 Å². The van der Waals surface area contributed by atoms with Gasteiger partial charge in [-0.05, 0) is 55.8 Å². The molecule has 1 aromatic carbocycles. The van der Waals surface area contributed by atoms with Gasteiger partial charge in [-0.15, -0.1) is 11.3 Å². The summed E-state index contributed by atoms with van der Waals surface area (Å²) in [6, 6.07) is 16.1. The van der Waals surface area contributed by atoms with E-state index >= 15 is 0 Å². The second kappa shape index (κ2) is 8.29. The lowest BCUT2D eigenvalue weighted by Crippen LogP contribution is -2.55. The van der Waals surface area contributed by atoms with Crippen LogP contribution in [0, 0.1) is 6.92 Å². The zero-order valence-electron chi connectivity index (χ0n) is 16.9. The number of rotatable bonds is 4. The molecule has 30 heavy (non-hydrogen) atoms. The van der Waals surface area contributed by atoms with E-state index in [1.807, 2.05) is 44.2 Å². The number of aromatic nitrogens is 1. The number of piperazine rings is 1. The second-order valence-corrected chi connectivity index (χ2v) is 10.6. The largest absolute Gasteiger partial charge is 0.336 e. The lowest BCUT2D eigenvalue weighted by Gasteiger charge is -2.38. The molecule has 2 aromatic heterocycles. The van der Waals surface area contributed by atoms with Crippen LogP contribution in [0.15, 0.2) is 65.0 Å². The number of hydrogen-bond donors (Lipinski definition) is 0. The average molecular weight is 442 g/mol. The summed E-state index contributed by atoms with van der Waals surface area (Å²) in [5.41, 5.74) is 2.47. The van der Waals surface area contributed by atoms with E-state index in [-0.39, 0.29) is 18.5 Å². The quantitative estimate of drug-likeness (QED) is 0.620. The molecule has 1 fully saturated rings.